The molecule has 3 rings (SSSR count). The molecule has 1 unspecified atom stereocenters. The predicted octanol–water partition coefficient (Wildman–Crippen LogP) is 4.06. The van der Waals surface area contributed by atoms with Crippen molar-refractivity contribution in [3.05, 3.63) is 41.7 Å². The van der Waals surface area contributed by atoms with E-state index in [2.05, 4.69) is 0 Å². The minimum atomic E-state index is -0.940. The number of nitrogens with zero attached hydrogens (tertiary/aromatic N) is 1. The van der Waals surface area contributed by atoms with E-state index in [1.54, 1.807) is 19.3 Å². The molecule has 6 nitrogen and oxygen atoms in total. The molecule has 0 spiro atoms. The molecule has 1 aromatic rings. The summed E-state index contributed by atoms with van der Waals surface area (Å²) in [5.41, 5.74) is 7.07. The number of aliphatic carboxylic acids is 1. The average molecular weight is 386 g/mol. The Morgan fingerprint density at radius 2 is 1.86 bits per heavy atom. The van der Waals surface area contributed by atoms with Crippen molar-refractivity contribution in [3.63, 3.8) is 0 Å². The van der Waals surface area contributed by atoms with Crippen LogP contribution < -0.4 is 20.1 Å². The van der Waals surface area contributed by atoms with Gasteiger partial charge in [0.25, 0.3) is 0 Å². The van der Waals surface area contributed by atoms with Crippen LogP contribution in [0.1, 0.15) is 46.5 Å². The van der Waals surface area contributed by atoms with Gasteiger partial charge in [0, 0.05) is 11.8 Å². The van der Waals surface area contributed by atoms with Crippen molar-refractivity contribution >= 4 is 11.7 Å². The SMILES string of the molecule is COc1ccc(N2C(N)=CC=C(C(=O)O)C2C(C)(C)C)cc1OC1CCCC1. The largest absolute Gasteiger partial charge is 0.493 e. The molecule has 1 atom stereocenters. The molecular weight excluding hydrogens is 356 g/mol. The van der Waals surface area contributed by atoms with E-state index in [0.29, 0.717) is 22.9 Å². The highest BCUT2D eigenvalue weighted by Crippen LogP contribution is 2.41. The normalized spacial score (nSPS) is 20.6. The molecule has 1 fully saturated rings. The molecule has 3 N–H and O–H groups in total. The van der Waals surface area contributed by atoms with Crippen LogP contribution in [0.15, 0.2) is 41.7 Å². The Labute approximate surface area is 166 Å². The van der Waals surface area contributed by atoms with Gasteiger partial charge in [-0.05, 0) is 55.4 Å². The molecule has 152 valence electrons. The maximum absolute atomic E-state index is 11.9. The van der Waals surface area contributed by atoms with Gasteiger partial charge >= 0.3 is 5.97 Å². The van der Waals surface area contributed by atoms with Crippen LogP contribution in [0.5, 0.6) is 11.5 Å². The summed E-state index contributed by atoms with van der Waals surface area (Å²) in [6, 6.07) is 5.24. The highest BCUT2D eigenvalue weighted by atomic mass is 16.5. The lowest BCUT2D eigenvalue weighted by Gasteiger charge is -2.43. The second-order valence-corrected chi connectivity index (χ2v) is 8.52. The van der Waals surface area contributed by atoms with Crippen LogP contribution in [0.3, 0.4) is 0 Å². The average Bonchev–Trinajstić information content (AvgIpc) is 3.13. The van der Waals surface area contributed by atoms with Crippen molar-refractivity contribution in [2.75, 3.05) is 12.0 Å². The topological polar surface area (TPSA) is 85.0 Å². The zero-order valence-corrected chi connectivity index (χ0v) is 17.1. The molecule has 6 heteroatoms. The fraction of sp³-hybridized carbons (Fsp3) is 0.500. The van der Waals surface area contributed by atoms with Gasteiger partial charge in [-0.25, -0.2) is 4.79 Å². The maximum Gasteiger partial charge on any atom is 0.333 e. The number of nitrogens with two attached hydrogens (primary N) is 1. The number of carboxylic acids is 1. The Hall–Kier alpha value is -2.63. The minimum Gasteiger partial charge on any atom is -0.493 e. The number of hydrogen-bond donors (Lipinski definition) is 2. The van der Waals surface area contributed by atoms with Crippen molar-refractivity contribution in [1.29, 1.82) is 0 Å². The molecule has 28 heavy (non-hydrogen) atoms. The zero-order chi connectivity index (χ0) is 20.5. The standard InChI is InChI=1S/C22H30N2O4/c1-22(2,3)20-16(21(25)26)10-12-19(23)24(20)14-9-11-17(27-4)18(13-14)28-15-7-5-6-8-15/h9-13,15,20H,5-8,23H2,1-4H3,(H,25,26). The molecule has 0 amide bonds. The van der Waals surface area contributed by atoms with Gasteiger partial charge < -0.3 is 25.2 Å². The number of hydrogen-bond acceptors (Lipinski definition) is 5. The van der Waals surface area contributed by atoms with Gasteiger partial charge in [-0.2, -0.15) is 0 Å². The number of benzene rings is 1. The van der Waals surface area contributed by atoms with Gasteiger partial charge in [-0.15, -0.1) is 0 Å². The number of carboxylic acid groups (broad SMARTS) is 1. The fourth-order valence-corrected chi connectivity index (χ4v) is 4.07. The van der Waals surface area contributed by atoms with E-state index in [1.807, 2.05) is 43.9 Å². The van der Waals surface area contributed by atoms with Gasteiger partial charge in [0.05, 0.1) is 24.8 Å². The first kappa shape index (κ1) is 20.1. The third-order valence-electron chi connectivity index (χ3n) is 5.35. The molecule has 0 radical (unpaired) electrons. The van der Waals surface area contributed by atoms with E-state index >= 15 is 0 Å². The molecule has 2 aliphatic rings. The van der Waals surface area contributed by atoms with E-state index < -0.39 is 12.0 Å². The second-order valence-electron chi connectivity index (χ2n) is 8.52. The highest BCUT2D eigenvalue weighted by molar-refractivity contribution is 5.90. The van der Waals surface area contributed by atoms with E-state index in [9.17, 15) is 9.90 Å². The quantitative estimate of drug-likeness (QED) is 0.794. The van der Waals surface area contributed by atoms with Gasteiger partial charge in [-0.3, -0.25) is 0 Å². The summed E-state index contributed by atoms with van der Waals surface area (Å²) in [5, 5.41) is 9.74. The van der Waals surface area contributed by atoms with Crippen molar-refractivity contribution in [1.82, 2.24) is 0 Å². The number of ether oxygens (including phenoxy) is 2. The lowest BCUT2D eigenvalue weighted by atomic mass is 9.79. The van der Waals surface area contributed by atoms with Crippen molar-refractivity contribution in [2.45, 2.75) is 58.6 Å². The number of carbonyl (C=O) groups is 1. The third-order valence-corrected chi connectivity index (χ3v) is 5.35. The van der Waals surface area contributed by atoms with Crippen LogP contribution in [0, 0.1) is 5.41 Å². The number of anilines is 1. The van der Waals surface area contributed by atoms with E-state index in [1.165, 1.54) is 12.8 Å². The van der Waals surface area contributed by atoms with Gasteiger partial charge in [0.15, 0.2) is 11.5 Å². The van der Waals surface area contributed by atoms with Crippen LogP contribution >= 0.6 is 0 Å². The van der Waals surface area contributed by atoms with Gasteiger partial charge in [0.1, 0.15) is 5.82 Å². The minimum absolute atomic E-state index is 0.186. The summed E-state index contributed by atoms with van der Waals surface area (Å²) in [5.74, 6) is 0.891. The number of methoxy groups -OCH3 is 1. The summed E-state index contributed by atoms with van der Waals surface area (Å²) in [7, 11) is 1.62. The molecule has 1 aliphatic carbocycles. The summed E-state index contributed by atoms with van der Waals surface area (Å²) in [6.07, 6.45) is 7.86. The van der Waals surface area contributed by atoms with E-state index in [4.69, 9.17) is 15.2 Å². The first-order chi connectivity index (χ1) is 13.2. The molecule has 0 saturated heterocycles. The van der Waals surface area contributed by atoms with E-state index in [0.717, 1.165) is 18.5 Å². The molecular formula is C22H30N2O4. The zero-order valence-electron chi connectivity index (χ0n) is 17.1. The first-order valence-electron chi connectivity index (χ1n) is 9.77. The van der Waals surface area contributed by atoms with Gasteiger partial charge in [-0.1, -0.05) is 20.8 Å². The summed E-state index contributed by atoms with van der Waals surface area (Å²) in [4.78, 5) is 13.8. The molecule has 0 bridgehead atoms. The first-order valence-corrected chi connectivity index (χ1v) is 9.77. The van der Waals surface area contributed by atoms with Crippen molar-refractivity contribution in [2.24, 2.45) is 11.1 Å². The molecule has 1 aliphatic heterocycles. The number of rotatable bonds is 5. The Kier molecular flexibility index (Phi) is 5.59. The Morgan fingerprint density at radius 3 is 2.43 bits per heavy atom. The van der Waals surface area contributed by atoms with E-state index in [-0.39, 0.29) is 11.5 Å². The van der Waals surface area contributed by atoms with Crippen LogP contribution in [0.4, 0.5) is 5.69 Å². The van der Waals surface area contributed by atoms with Gasteiger partial charge in [0.2, 0.25) is 0 Å². The lowest BCUT2D eigenvalue weighted by molar-refractivity contribution is -0.133. The monoisotopic (exact) mass is 386 g/mol. The Morgan fingerprint density at radius 1 is 1.18 bits per heavy atom. The molecule has 1 saturated carbocycles. The smallest absolute Gasteiger partial charge is 0.333 e. The third kappa shape index (κ3) is 3.96. The van der Waals surface area contributed by atoms with Crippen molar-refractivity contribution in [3.8, 4) is 11.5 Å². The molecule has 0 aromatic heterocycles. The predicted molar refractivity (Wildman–Crippen MR) is 110 cm³/mol. The summed E-state index contributed by atoms with van der Waals surface area (Å²) in [6.45, 7) is 6.04. The highest BCUT2D eigenvalue weighted by Gasteiger charge is 2.39. The number of allylic oxidation sites excluding steroid dienone is 2. The van der Waals surface area contributed by atoms with Crippen LogP contribution in [0.2, 0.25) is 0 Å². The fourth-order valence-electron chi connectivity index (χ4n) is 4.07. The lowest BCUT2D eigenvalue weighted by Crippen LogP contribution is -2.49. The van der Waals surface area contributed by atoms with Crippen LogP contribution in [-0.2, 0) is 4.79 Å². The van der Waals surface area contributed by atoms with Crippen LogP contribution in [-0.4, -0.2) is 30.3 Å². The molecule has 1 heterocycles. The summed E-state index contributed by atoms with van der Waals surface area (Å²) >= 11 is 0. The van der Waals surface area contributed by atoms with Crippen LogP contribution in [0.25, 0.3) is 0 Å². The maximum atomic E-state index is 11.9. The second kappa shape index (κ2) is 7.78. The summed E-state index contributed by atoms with van der Waals surface area (Å²) < 4.78 is 11.7. The molecule has 1 aromatic carbocycles. The van der Waals surface area contributed by atoms with Crippen molar-refractivity contribution < 1.29 is 19.4 Å². The Balaban J connectivity index is 2.03. The Bertz CT molecular complexity index is 801.